The summed E-state index contributed by atoms with van der Waals surface area (Å²) in [6.07, 6.45) is 0. The number of ether oxygens (including phenoxy) is 1. The van der Waals surface area contributed by atoms with E-state index in [0.717, 1.165) is 4.90 Å². The number of halogens is 2. The molecule has 0 amide bonds. The highest BCUT2D eigenvalue weighted by Crippen LogP contribution is 2.37. The van der Waals surface area contributed by atoms with Crippen molar-refractivity contribution < 1.29 is 19.4 Å². The van der Waals surface area contributed by atoms with Gasteiger partial charge in [-0.1, -0.05) is 47.5 Å². The number of carbonyl (C=O) groups is 2. The highest BCUT2D eigenvalue weighted by atomic mass is 35.5. The molecular weight excluding hydrogens is 457 g/mol. The van der Waals surface area contributed by atoms with Crippen LogP contribution in [0.3, 0.4) is 0 Å². The number of fused-ring (bicyclic) bond motifs is 1. The van der Waals surface area contributed by atoms with Crippen molar-refractivity contribution in [2.75, 3.05) is 10.8 Å². The van der Waals surface area contributed by atoms with Crippen LogP contribution in [0.5, 0.6) is 0 Å². The fourth-order valence-electron chi connectivity index (χ4n) is 3.06. The molecule has 5 nitrogen and oxygen atoms in total. The molecule has 0 aliphatic rings. The molecule has 0 saturated heterocycles. The highest BCUT2D eigenvalue weighted by molar-refractivity contribution is 8.00. The summed E-state index contributed by atoms with van der Waals surface area (Å²) in [5.74, 6) is -1.43. The number of esters is 1. The molecule has 0 radical (unpaired) electrons. The number of carboxylic acids is 1. The van der Waals surface area contributed by atoms with Gasteiger partial charge in [-0.05, 0) is 68.4 Å². The molecule has 0 aliphatic carbocycles. The van der Waals surface area contributed by atoms with Gasteiger partial charge in [0.2, 0.25) is 0 Å². The quantitative estimate of drug-likeness (QED) is 0.314. The molecule has 0 unspecified atom stereocenters. The fraction of sp³-hybridized carbons (Fsp3) is 0.217. The standard InChI is InChI=1S/C23H21Cl2NO4S/c1-23(2,3)30-21(27)13-26(31-16-11-14(24)10-15(25)12-16)20-9-5-6-17-18(20)7-4-8-19(17)22(28)29/h4-12H,13H2,1-3H3,(H,28,29). The van der Waals surface area contributed by atoms with Gasteiger partial charge in [0.15, 0.2) is 0 Å². The van der Waals surface area contributed by atoms with E-state index in [1.807, 2.05) is 12.1 Å². The Hall–Kier alpha value is -2.41. The molecule has 0 fully saturated rings. The van der Waals surface area contributed by atoms with Crippen molar-refractivity contribution in [2.45, 2.75) is 31.3 Å². The average Bonchev–Trinajstić information content (AvgIpc) is 2.64. The second kappa shape index (κ2) is 9.39. The Kier molecular flexibility index (Phi) is 7.04. The molecule has 0 aromatic heterocycles. The third-order valence-corrected chi connectivity index (χ3v) is 5.57. The van der Waals surface area contributed by atoms with Crippen molar-refractivity contribution in [3.05, 3.63) is 70.2 Å². The number of aromatic carboxylic acids is 1. The van der Waals surface area contributed by atoms with E-state index in [0.29, 0.717) is 26.5 Å². The van der Waals surface area contributed by atoms with Crippen LogP contribution in [-0.4, -0.2) is 29.2 Å². The topological polar surface area (TPSA) is 66.8 Å². The number of nitrogens with zero attached hydrogens (tertiary/aromatic N) is 1. The van der Waals surface area contributed by atoms with Crippen LogP contribution in [0.2, 0.25) is 10.0 Å². The molecule has 162 valence electrons. The SMILES string of the molecule is CC(C)(C)OC(=O)CN(Sc1cc(Cl)cc(Cl)c1)c1cccc2c(C(=O)O)cccc12. The lowest BCUT2D eigenvalue weighted by atomic mass is 10.0. The Balaban J connectivity index is 2.08. The van der Waals surface area contributed by atoms with Crippen molar-refractivity contribution in [2.24, 2.45) is 0 Å². The number of hydrogen-bond donors (Lipinski definition) is 1. The van der Waals surface area contributed by atoms with Gasteiger partial charge in [-0.3, -0.25) is 4.79 Å². The van der Waals surface area contributed by atoms with E-state index >= 15 is 0 Å². The molecular formula is C23H21Cl2NO4S. The van der Waals surface area contributed by atoms with Crippen molar-refractivity contribution in [3.8, 4) is 0 Å². The number of rotatable bonds is 6. The summed E-state index contributed by atoms with van der Waals surface area (Å²) < 4.78 is 7.26. The molecule has 31 heavy (non-hydrogen) atoms. The summed E-state index contributed by atoms with van der Waals surface area (Å²) >= 11 is 13.6. The fourth-order valence-corrected chi connectivity index (χ4v) is 4.76. The second-order valence-corrected chi connectivity index (χ2v) is 9.77. The maximum atomic E-state index is 12.7. The summed E-state index contributed by atoms with van der Waals surface area (Å²) in [5.41, 5.74) is 0.224. The smallest absolute Gasteiger partial charge is 0.336 e. The Morgan fingerprint density at radius 2 is 1.61 bits per heavy atom. The number of benzene rings is 3. The maximum absolute atomic E-state index is 12.7. The minimum absolute atomic E-state index is 0.0670. The Labute approximate surface area is 195 Å². The highest BCUT2D eigenvalue weighted by Gasteiger charge is 2.22. The summed E-state index contributed by atoms with van der Waals surface area (Å²) in [6.45, 7) is 5.34. The van der Waals surface area contributed by atoms with Crippen LogP contribution in [0.4, 0.5) is 5.69 Å². The number of hydrogen-bond acceptors (Lipinski definition) is 5. The summed E-state index contributed by atoms with van der Waals surface area (Å²) in [7, 11) is 0. The van der Waals surface area contributed by atoms with Crippen LogP contribution in [0.1, 0.15) is 31.1 Å². The van der Waals surface area contributed by atoms with Gasteiger partial charge in [-0.25, -0.2) is 4.79 Å². The monoisotopic (exact) mass is 477 g/mol. The van der Waals surface area contributed by atoms with E-state index in [1.165, 1.54) is 11.9 Å². The predicted molar refractivity (Wildman–Crippen MR) is 126 cm³/mol. The number of carbonyl (C=O) groups excluding carboxylic acids is 1. The maximum Gasteiger partial charge on any atom is 0.336 e. The Morgan fingerprint density at radius 3 is 2.23 bits per heavy atom. The lowest BCUT2D eigenvalue weighted by Gasteiger charge is -2.27. The molecule has 8 heteroatoms. The summed E-state index contributed by atoms with van der Waals surface area (Å²) in [6, 6.07) is 15.5. The first-order chi connectivity index (χ1) is 14.5. The minimum Gasteiger partial charge on any atom is -0.478 e. The Morgan fingerprint density at radius 1 is 1.00 bits per heavy atom. The summed E-state index contributed by atoms with van der Waals surface area (Å²) in [4.78, 5) is 25.1. The van der Waals surface area contributed by atoms with Gasteiger partial charge in [0.1, 0.15) is 12.1 Å². The van der Waals surface area contributed by atoms with Crippen molar-refractivity contribution in [1.82, 2.24) is 0 Å². The zero-order valence-corrected chi connectivity index (χ0v) is 19.5. The van der Waals surface area contributed by atoms with Crippen molar-refractivity contribution in [3.63, 3.8) is 0 Å². The van der Waals surface area contributed by atoms with Gasteiger partial charge in [-0.2, -0.15) is 0 Å². The van der Waals surface area contributed by atoms with E-state index in [4.69, 9.17) is 27.9 Å². The lowest BCUT2D eigenvalue weighted by molar-refractivity contribution is -0.152. The normalized spacial score (nSPS) is 11.4. The van der Waals surface area contributed by atoms with Crippen LogP contribution < -0.4 is 4.31 Å². The zero-order chi connectivity index (χ0) is 22.8. The van der Waals surface area contributed by atoms with Gasteiger partial charge >= 0.3 is 11.9 Å². The van der Waals surface area contributed by atoms with E-state index < -0.39 is 17.5 Å². The first-order valence-electron chi connectivity index (χ1n) is 9.42. The van der Waals surface area contributed by atoms with E-state index in [2.05, 4.69) is 0 Å². The van der Waals surface area contributed by atoms with Crippen LogP contribution in [-0.2, 0) is 9.53 Å². The average molecular weight is 478 g/mol. The first kappa shape index (κ1) is 23.3. The third-order valence-electron chi connectivity index (χ3n) is 4.14. The first-order valence-corrected chi connectivity index (χ1v) is 10.9. The molecule has 0 bridgehead atoms. The zero-order valence-electron chi connectivity index (χ0n) is 17.2. The van der Waals surface area contributed by atoms with Crippen LogP contribution in [0.15, 0.2) is 59.5 Å². The van der Waals surface area contributed by atoms with Crippen LogP contribution in [0, 0.1) is 0 Å². The molecule has 0 heterocycles. The molecule has 0 aliphatic heterocycles. The van der Waals surface area contributed by atoms with E-state index in [-0.39, 0.29) is 12.1 Å². The van der Waals surface area contributed by atoms with Crippen molar-refractivity contribution in [1.29, 1.82) is 0 Å². The minimum atomic E-state index is -1.02. The molecule has 3 aromatic carbocycles. The lowest BCUT2D eigenvalue weighted by Crippen LogP contribution is -2.31. The number of anilines is 1. The third kappa shape index (κ3) is 6.06. The second-order valence-electron chi connectivity index (χ2n) is 7.80. The van der Waals surface area contributed by atoms with Gasteiger partial charge in [0.25, 0.3) is 0 Å². The van der Waals surface area contributed by atoms with Crippen molar-refractivity contribution >= 4 is 63.5 Å². The molecule has 0 atom stereocenters. The molecule has 1 N–H and O–H groups in total. The Bertz CT molecular complexity index is 1120. The van der Waals surface area contributed by atoms with Gasteiger partial charge in [-0.15, -0.1) is 0 Å². The van der Waals surface area contributed by atoms with Crippen LogP contribution >= 0.6 is 35.1 Å². The molecule has 3 aromatic rings. The predicted octanol–water partition coefficient (Wildman–Crippen LogP) is 6.70. The van der Waals surface area contributed by atoms with E-state index in [9.17, 15) is 14.7 Å². The molecule has 3 rings (SSSR count). The molecule has 0 saturated carbocycles. The van der Waals surface area contributed by atoms with Gasteiger partial charge in [0, 0.05) is 20.3 Å². The van der Waals surface area contributed by atoms with Crippen LogP contribution in [0.25, 0.3) is 10.8 Å². The number of carboxylic acid groups (broad SMARTS) is 1. The largest absolute Gasteiger partial charge is 0.478 e. The van der Waals surface area contributed by atoms with E-state index in [1.54, 1.807) is 67.5 Å². The molecule has 0 spiro atoms. The summed E-state index contributed by atoms with van der Waals surface area (Å²) in [5, 5.41) is 11.8. The van der Waals surface area contributed by atoms with Gasteiger partial charge in [0.05, 0.1) is 11.3 Å². The van der Waals surface area contributed by atoms with Gasteiger partial charge < -0.3 is 14.1 Å².